The van der Waals surface area contributed by atoms with Gasteiger partial charge in [-0.3, -0.25) is 10.8 Å². The van der Waals surface area contributed by atoms with Gasteiger partial charge in [0.15, 0.2) is 5.17 Å². The Morgan fingerprint density at radius 2 is 1.96 bits per heavy atom. The van der Waals surface area contributed by atoms with E-state index in [1.54, 1.807) is 18.2 Å². The fraction of sp³-hybridized carbons (Fsp3) is 0.353. The van der Waals surface area contributed by atoms with Crippen molar-refractivity contribution in [1.82, 2.24) is 10.2 Å². The minimum absolute atomic E-state index is 0.255. The van der Waals surface area contributed by atoms with E-state index in [2.05, 4.69) is 10.2 Å². The molecule has 1 aromatic carbocycles. The molecule has 0 saturated carbocycles. The van der Waals surface area contributed by atoms with Crippen LogP contribution in [0.3, 0.4) is 0 Å². The van der Waals surface area contributed by atoms with Crippen LogP contribution in [0.4, 0.5) is 0 Å². The third kappa shape index (κ3) is 3.73. The van der Waals surface area contributed by atoms with Crippen LogP contribution in [0.1, 0.15) is 11.1 Å². The van der Waals surface area contributed by atoms with Gasteiger partial charge in [0, 0.05) is 49.7 Å². The van der Waals surface area contributed by atoms with E-state index in [0.29, 0.717) is 33.2 Å². The largest absolute Gasteiger partial charge is 0.404 e. The molecule has 0 spiro atoms. The SMILES string of the molecule is N=C/C(=C\N)c1ccc(C(=N)SC(=N)N2CC3CNCC3C2)c(Cl)c1. The molecule has 0 amide bonds. The summed E-state index contributed by atoms with van der Waals surface area (Å²) in [7, 11) is 0. The Labute approximate surface area is 156 Å². The number of nitrogens with zero attached hydrogens (tertiary/aromatic N) is 1. The lowest BCUT2D eigenvalue weighted by Gasteiger charge is -2.20. The molecule has 0 aromatic heterocycles. The first-order chi connectivity index (χ1) is 12.0. The zero-order valence-electron chi connectivity index (χ0n) is 13.7. The predicted octanol–water partition coefficient (Wildman–Crippen LogP) is 2.43. The topological polar surface area (TPSA) is 113 Å². The highest BCUT2D eigenvalue weighted by atomic mass is 35.5. The molecule has 3 rings (SSSR count). The van der Waals surface area contributed by atoms with Gasteiger partial charge in [-0.25, -0.2) is 0 Å². The van der Waals surface area contributed by atoms with E-state index in [9.17, 15) is 0 Å². The van der Waals surface area contributed by atoms with E-state index >= 15 is 0 Å². The molecule has 0 radical (unpaired) electrons. The van der Waals surface area contributed by atoms with Crippen LogP contribution in [-0.2, 0) is 0 Å². The number of rotatable bonds is 3. The average molecular weight is 377 g/mol. The van der Waals surface area contributed by atoms with Crippen LogP contribution in [0.15, 0.2) is 24.4 Å². The summed E-state index contributed by atoms with van der Waals surface area (Å²) in [6.07, 6.45) is 2.52. The number of nitrogens with one attached hydrogen (secondary N) is 4. The Morgan fingerprint density at radius 1 is 1.28 bits per heavy atom. The van der Waals surface area contributed by atoms with Gasteiger partial charge in [0.05, 0.1) is 5.02 Å². The lowest BCUT2D eigenvalue weighted by molar-refractivity contribution is 0.474. The minimum Gasteiger partial charge on any atom is -0.404 e. The zero-order valence-corrected chi connectivity index (χ0v) is 15.3. The Kier molecular flexibility index (Phi) is 5.46. The summed E-state index contributed by atoms with van der Waals surface area (Å²) in [4.78, 5) is 2.06. The molecule has 2 aliphatic heterocycles. The second-order valence-electron chi connectivity index (χ2n) is 6.28. The maximum atomic E-state index is 8.31. The van der Waals surface area contributed by atoms with Crippen LogP contribution >= 0.6 is 23.4 Å². The maximum absolute atomic E-state index is 8.31. The Bertz CT molecular complexity index is 735. The number of allylic oxidation sites excluding steroid dienone is 1. The Balaban J connectivity index is 1.67. The molecule has 2 fully saturated rings. The maximum Gasteiger partial charge on any atom is 0.162 e. The highest BCUT2D eigenvalue weighted by molar-refractivity contribution is 8.26. The van der Waals surface area contributed by atoms with Crippen LogP contribution in [0.5, 0.6) is 0 Å². The second-order valence-corrected chi connectivity index (χ2v) is 7.69. The summed E-state index contributed by atoms with van der Waals surface area (Å²) >= 11 is 7.45. The van der Waals surface area contributed by atoms with Gasteiger partial charge < -0.3 is 21.4 Å². The van der Waals surface area contributed by atoms with Gasteiger partial charge in [0.2, 0.25) is 0 Å². The van der Waals surface area contributed by atoms with Crippen LogP contribution < -0.4 is 11.1 Å². The highest BCUT2D eigenvalue weighted by Crippen LogP contribution is 2.30. The number of benzene rings is 1. The first-order valence-electron chi connectivity index (χ1n) is 8.06. The molecule has 1 aromatic rings. The van der Waals surface area contributed by atoms with Crippen LogP contribution in [0.25, 0.3) is 5.57 Å². The lowest BCUT2D eigenvalue weighted by Crippen LogP contribution is -2.30. The monoisotopic (exact) mass is 376 g/mol. The molecular formula is C17H21ClN6S. The van der Waals surface area contributed by atoms with Crippen molar-refractivity contribution in [3.63, 3.8) is 0 Å². The van der Waals surface area contributed by atoms with Gasteiger partial charge in [-0.2, -0.15) is 0 Å². The van der Waals surface area contributed by atoms with E-state index in [4.69, 9.17) is 33.6 Å². The van der Waals surface area contributed by atoms with Gasteiger partial charge in [0.1, 0.15) is 5.04 Å². The van der Waals surface area contributed by atoms with Gasteiger partial charge in [-0.05, 0) is 35.2 Å². The van der Waals surface area contributed by atoms with Crippen molar-refractivity contribution in [3.8, 4) is 0 Å². The van der Waals surface area contributed by atoms with Crippen molar-refractivity contribution in [2.75, 3.05) is 26.2 Å². The van der Waals surface area contributed by atoms with Gasteiger partial charge in [-0.1, -0.05) is 23.7 Å². The summed E-state index contributed by atoms with van der Waals surface area (Å²) in [6.45, 7) is 3.81. The van der Waals surface area contributed by atoms with Crippen LogP contribution in [-0.4, -0.2) is 47.5 Å². The normalized spacial score (nSPS) is 22.8. The highest BCUT2D eigenvalue weighted by Gasteiger charge is 2.37. The molecule has 2 unspecified atom stereocenters. The number of likely N-dealkylation sites (tertiary alicyclic amines) is 1. The van der Waals surface area contributed by atoms with Crippen LogP contribution in [0.2, 0.25) is 5.02 Å². The van der Waals surface area contributed by atoms with Crippen molar-refractivity contribution in [1.29, 1.82) is 16.2 Å². The third-order valence-electron chi connectivity index (χ3n) is 4.76. The summed E-state index contributed by atoms with van der Waals surface area (Å²) in [6, 6.07) is 5.23. The van der Waals surface area contributed by atoms with Crippen molar-refractivity contribution in [2.45, 2.75) is 0 Å². The molecule has 2 heterocycles. The summed E-state index contributed by atoms with van der Waals surface area (Å²) in [5.41, 5.74) is 7.38. The molecule has 2 saturated heterocycles. The van der Waals surface area contributed by atoms with Crippen LogP contribution in [0, 0.1) is 28.1 Å². The number of hydrogen-bond donors (Lipinski definition) is 5. The second kappa shape index (κ2) is 7.59. The van der Waals surface area contributed by atoms with Crippen molar-refractivity contribution >= 4 is 45.4 Å². The Morgan fingerprint density at radius 3 is 2.52 bits per heavy atom. The first-order valence-corrected chi connectivity index (χ1v) is 9.26. The lowest BCUT2D eigenvalue weighted by atomic mass is 10.0. The summed E-state index contributed by atoms with van der Waals surface area (Å²) < 4.78 is 0. The zero-order chi connectivity index (χ0) is 18.0. The molecule has 0 bridgehead atoms. The number of fused-ring (bicyclic) bond motifs is 1. The number of nitrogens with two attached hydrogens (primary N) is 1. The van der Waals surface area contributed by atoms with Gasteiger partial charge in [-0.15, -0.1) is 0 Å². The fourth-order valence-corrected chi connectivity index (χ4v) is 4.43. The molecular weight excluding hydrogens is 356 g/mol. The molecule has 132 valence electrons. The van der Waals surface area contributed by atoms with E-state index in [0.717, 1.165) is 43.5 Å². The predicted molar refractivity (Wildman–Crippen MR) is 106 cm³/mol. The standard InChI is InChI=1S/C17H21ClN6S/c18-15-3-10(11(4-19)5-20)1-2-14(15)16(21)25-17(22)24-8-12-6-23-7-13(12)9-24/h1-5,12-13,19,21-23H,6-9,20H2/b11-5+,19-4?,21-16?,22-17?. The first kappa shape index (κ1) is 18.0. The van der Waals surface area contributed by atoms with E-state index in [1.807, 2.05) is 0 Å². The fourth-order valence-electron chi connectivity index (χ4n) is 3.34. The summed E-state index contributed by atoms with van der Waals surface area (Å²) in [5.74, 6) is 1.22. The molecule has 6 N–H and O–H groups in total. The smallest absolute Gasteiger partial charge is 0.162 e. The third-order valence-corrected chi connectivity index (χ3v) is 5.95. The quantitative estimate of drug-likeness (QED) is 0.412. The Hall–Kier alpha value is -1.83. The number of halogens is 1. The van der Waals surface area contributed by atoms with E-state index in [-0.39, 0.29) is 5.04 Å². The molecule has 2 atom stereocenters. The summed E-state index contributed by atoms with van der Waals surface area (Å²) in [5, 5.41) is 28.4. The van der Waals surface area contributed by atoms with Gasteiger partial charge >= 0.3 is 0 Å². The number of thioether (sulfide) groups is 1. The van der Waals surface area contributed by atoms with Crippen molar-refractivity contribution in [3.05, 3.63) is 40.5 Å². The minimum atomic E-state index is 0.255. The van der Waals surface area contributed by atoms with Crippen molar-refractivity contribution < 1.29 is 0 Å². The molecule has 6 nitrogen and oxygen atoms in total. The average Bonchev–Trinajstić information content (AvgIpc) is 3.17. The number of amidine groups is 1. The molecule has 25 heavy (non-hydrogen) atoms. The molecule has 0 aliphatic carbocycles. The van der Waals surface area contributed by atoms with E-state index in [1.165, 1.54) is 12.4 Å². The number of hydrogen-bond acceptors (Lipinski definition) is 6. The van der Waals surface area contributed by atoms with Crippen molar-refractivity contribution in [2.24, 2.45) is 17.6 Å². The molecule has 2 aliphatic rings. The van der Waals surface area contributed by atoms with Gasteiger partial charge in [0.25, 0.3) is 0 Å². The van der Waals surface area contributed by atoms with E-state index < -0.39 is 0 Å². The molecule has 8 heteroatoms.